The van der Waals surface area contributed by atoms with Crippen LogP contribution in [-0.2, 0) is 21.2 Å². The van der Waals surface area contributed by atoms with Gasteiger partial charge in [0.15, 0.2) is 0 Å². The highest BCUT2D eigenvalue weighted by Gasteiger charge is 2.19. The van der Waals surface area contributed by atoms with Gasteiger partial charge in [0.25, 0.3) is 5.91 Å². The summed E-state index contributed by atoms with van der Waals surface area (Å²) in [5, 5.41) is 6.71. The number of benzene rings is 2. The van der Waals surface area contributed by atoms with Crippen LogP contribution in [0.15, 0.2) is 58.4 Å². The molecule has 1 unspecified atom stereocenters. The van der Waals surface area contributed by atoms with Gasteiger partial charge in [0.2, 0.25) is 10.0 Å². The summed E-state index contributed by atoms with van der Waals surface area (Å²) in [6, 6.07) is 13.7. The van der Waals surface area contributed by atoms with Gasteiger partial charge in [-0.25, -0.2) is 18.5 Å². The number of rotatable bonds is 3. The lowest BCUT2D eigenvalue weighted by molar-refractivity contribution is -0.120. The van der Waals surface area contributed by atoms with Crippen LogP contribution in [0.4, 0.5) is 0 Å². The van der Waals surface area contributed by atoms with Crippen molar-refractivity contribution < 1.29 is 13.2 Å². The summed E-state index contributed by atoms with van der Waals surface area (Å²) < 4.78 is 22.8. The number of carbonyl (C=O) groups is 1. The van der Waals surface area contributed by atoms with E-state index in [1.165, 1.54) is 12.1 Å². The maximum absolute atomic E-state index is 12.1. The van der Waals surface area contributed by atoms with Gasteiger partial charge in [0.1, 0.15) is 0 Å². The summed E-state index contributed by atoms with van der Waals surface area (Å²) in [7, 11) is -3.75. The topological polar surface area (TPSA) is 89.6 Å². The molecular weight excluding hydrogens is 300 g/mol. The van der Waals surface area contributed by atoms with Gasteiger partial charge in [-0.05, 0) is 35.4 Å². The lowest BCUT2D eigenvalue weighted by Crippen LogP contribution is -2.34. The predicted molar refractivity (Wildman–Crippen MR) is 81.7 cm³/mol. The SMILES string of the molecule is NS(=O)(=O)c1cccc(CC2C=c3ccccc3=NC2=O)c1. The minimum Gasteiger partial charge on any atom is -0.272 e. The zero-order valence-electron chi connectivity index (χ0n) is 11.6. The molecule has 112 valence electrons. The third-order valence-corrected chi connectivity index (χ3v) is 4.46. The van der Waals surface area contributed by atoms with E-state index >= 15 is 0 Å². The molecule has 22 heavy (non-hydrogen) atoms. The van der Waals surface area contributed by atoms with Gasteiger partial charge in [-0.15, -0.1) is 0 Å². The van der Waals surface area contributed by atoms with Crippen molar-refractivity contribution in [1.82, 2.24) is 0 Å². The molecule has 1 heterocycles. The zero-order valence-corrected chi connectivity index (χ0v) is 12.5. The fraction of sp³-hybridized carbons (Fsp3) is 0.125. The molecule has 6 heteroatoms. The van der Waals surface area contributed by atoms with Gasteiger partial charge in [-0.2, -0.15) is 0 Å². The number of hydrogen-bond acceptors (Lipinski definition) is 3. The molecule has 0 aliphatic carbocycles. The monoisotopic (exact) mass is 314 g/mol. The van der Waals surface area contributed by atoms with Crippen molar-refractivity contribution >= 4 is 22.0 Å². The van der Waals surface area contributed by atoms with Crippen LogP contribution in [-0.4, -0.2) is 14.3 Å². The van der Waals surface area contributed by atoms with Crippen LogP contribution in [0.5, 0.6) is 0 Å². The van der Waals surface area contributed by atoms with Gasteiger partial charge in [0, 0.05) is 0 Å². The van der Waals surface area contributed by atoms with Crippen molar-refractivity contribution in [2.24, 2.45) is 16.0 Å². The van der Waals surface area contributed by atoms with E-state index in [2.05, 4.69) is 4.99 Å². The second-order valence-corrected chi connectivity index (χ2v) is 6.74. The number of para-hydroxylation sites is 1. The Morgan fingerprint density at radius 1 is 1.09 bits per heavy atom. The van der Waals surface area contributed by atoms with Crippen LogP contribution in [0.3, 0.4) is 0 Å². The molecular formula is C16H14N2O3S. The largest absolute Gasteiger partial charge is 0.272 e. The van der Waals surface area contributed by atoms with E-state index in [-0.39, 0.29) is 10.8 Å². The number of hydrogen-bond donors (Lipinski definition) is 1. The molecule has 0 bridgehead atoms. The molecule has 2 aromatic carbocycles. The minimum atomic E-state index is -3.75. The lowest BCUT2D eigenvalue weighted by atomic mass is 9.96. The second kappa shape index (κ2) is 5.47. The Bertz CT molecular complexity index is 965. The quantitative estimate of drug-likeness (QED) is 0.873. The first-order chi connectivity index (χ1) is 10.4. The molecule has 0 fully saturated rings. The Hall–Kier alpha value is -2.31. The number of fused-ring (bicyclic) bond motifs is 1. The van der Waals surface area contributed by atoms with Crippen LogP contribution in [0.1, 0.15) is 5.56 Å². The third-order valence-electron chi connectivity index (χ3n) is 3.55. The first-order valence-electron chi connectivity index (χ1n) is 6.75. The molecule has 1 amide bonds. The summed E-state index contributed by atoms with van der Waals surface area (Å²) >= 11 is 0. The Morgan fingerprint density at radius 2 is 1.86 bits per heavy atom. The number of nitrogens with two attached hydrogens (primary N) is 1. The zero-order chi connectivity index (χ0) is 15.7. The van der Waals surface area contributed by atoms with Crippen LogP contribution in [0, 0.1) is 5.92 Å². The van der Waals surface area contributed by atoms with E-state index in [4.69, 9.17) is 5.14 Å². The molecule has 0 saturated carbocycles. The van der Waals surface area contributed by atoms with E-state index in [0.717, 1.165) is 10.8 Å². The summed E-state index contributed by atoms with van der Waals surface area (Å²) in [6.07, 6.45) is 2.26. The number of sulfonamides is 1. The number of primary sulfonamides is 1. The highest BCUT2D eigenvalue weighted by Crippen LogP contribution is 2.16. The Balaban J connectivity index is 1.95. The molecule has 5 nitrogen and oxygen atoms in total. The van der Waals surface area contributed by atoms with Crippen LogP contribution >= 0.6 is 0 Å². The number of nitrogens with zero attached hydrogens (tertiary/aromatic N) is 1. The van der Waals surface area contributed by atoms with Crippen molar-refractivity contribution in [3.05, 3.63) is 64.7 Å². The van der Waals surface area contributed by atoms with Crippen molar-refractivity contribution in [1.29, 1.82) is 0 Å². The normalized spacial score (nSPS) is 17.3. The highest BCUT2D eigenvalue weighted by molar-refractivity contribution is 7.89. The molecule has 1 aliphatic heterocycles. The number of amides is 1. The molecule has 0 saturated heterocycles. The van der Waals surface area contributed by atoms with Crippen molar-refractivity contribution in [2.45, 2.75) is 11.3 Å². The smallest absolute Gasteiger partial charge is 0.253 e. The van der Waals surface area contributed by atoms with Gasteiger partial charge < -0.3 is 0 Å². The third kappa shape index (κ3) is 2.98. The molecule has 3 rings (SSSR count). The molecule has 0 aromatic heterocycles. The predicted octanol–water partition coefficient (Wildman–Crippen LogP) is 0.133. The Kier molecular flexibility index (Phi) is 3.64. The maximum atomic E-state index is 12.1. The second-order valence-electron chi connectivity index (χ2n) is 5.18. The summed E-state index contributed by atoms with van der Waals surface area (Å²) in [5.41, 5.74) is 0.732. The molecule has 2 N–H and O–H groups in total. The molecule has 1 aliphatic rings. The summed E-state index contributed by atoms with van der Waals surface area (Å²) in [6.45, 7) is 0. The maximum Gasteiger partial charge on any atom is 0.253 e. The van der Waals surface area contributed by atoms with Crippen LogP contribution < -0.4 is 15.7 Å². The van der Waals surface area contributed by atoms with Crippen molar-refractivity contribution in [2.75, 3.05) is 0 Å². The molecule has 2 aromatic rings. The van der Waals surface area contributed by atoms with E-state index in [9.17, 15) is 13.2 Å². The molecule has 0 spiro atoms. The average molecular weight is 314 g/mol. The van der Waals surface area contributed by atoms with E-state index in [0.29, 0.717) is 11.8 Å². The summed E-state index contributed by atoms with van der Waals surface area (Å²) in [4.78, 5) is 16.2. The minimum absolute atomic E-state index is 0.0468. The molecule has 1 atom stereocenters. The van der Waals surface area contributed by atoms with Crippen molar-refractivity contribution in [3.63, 3.8) is 0 Å². The first-order valence-corrected chi connectivity index (χ1v) is 8.29. The average Bonchev–Trinajstić information content (AvgIpc) is 2.47. The van der Waals surface area contributed by atoms with Crippen molar-refractivity contribution in [3.8, 4) is 0 Å². The fourth-order valence-electron chi connectivity index (χ4n) is 2.47. The van der Waals surface area contributed by atoms with Gasteiger partial charge in [0.05, 0.1) is 16.2 Å². The lowest BCUT2D eigenvalue weighted by Gasteiger charge is -2.12. The van der Waals surface area contributed by atoms with E-state index < -0.39 is 15.9 Å². The first kappa shape index (κ1) is 14.6. The van der Waals surface area contributed by atoms with Crippen LogP contribution in [0.2, 0.25) is 0 Å². The van der Waals surface area contributed by atoms with Gasteiger partial charge in [-0.3, -0.25) is 4.79 Å². The van der Waals surface area contributed by atoms with E-state index in [1.807, 2.05) is 24.3 Å². The fourth-order valence-corrected chi connectivity index (χ4v) is 3.05. The highest BCUT2D eigenvalue weighted by atomic mass is 32.2. The van der Waals surface area contributed by atoms with Gasteiger partial charge >= 0.3 is 0 Å². The van der Waals surface area contributed by atoms with Crippen LogP contribution in [0.25, 0.3) is 6.08 Å². The Labute approximate surface area is 127 Å². The van der Waals surface area contributed by atoms with E-state index in [1.54, 1.807) is 18.2 Å². The Morgan fingerprint density at radius 3 is 2.64 bits per heavy atom. The number of carbonyl (C=O) groups excluding carboxylic acids is 1. The van der Waals surface area contributed by atoms with Gasteiger partial charge in [-0.1, -0.05) is 36.4 Å². The standard InChI is InChI=1S/C16H14N2O3S/c17-22(20,21)14-6-3-4-11(9-14)8-13-10-12-5-1-2-7-15(12)18-16(13)19/h1-7,9-10,13H,8H2,(H2,17,20,21). The summed E-state index contributed by atoms with van der Waals surface area (Å²) in [5.74, 6) is -0.620. The molecule has 0 radical (unpaired) electrons.